The Morgan fingerprint density at radius 3 is 2.47 bits per heavy atom. The summed E-state index contributed by atoms with van der Waals surface area (Å²) in [7, 11) is 0. The summed E-state index contributed by atoms with van der Waals surface area (Å²) in [6, 6.07) is 10.1. The van der Waals surface area contributed by atoms with Gasteiger partial charge < -0.3 is 4.90 Å². The Morgan fingerprint density at radius 1 is 1.16 bits per heavy atom. The third-order valence-corrected chi connectivity index (χ3v) is 4.36. The first kappa shape index (κ1) is 14.6. The molecule has 0 unspecified atom stereocenters. The zero-order valence-corrected chi connectivity index (χ0v) is 12.9. The number of carbonyl (C=O) groups is 1. The van der Waals surface area contributed by atoms with E-state index in [0.717, 1.165) is 36.8 Å². The highest BCUT2D eigenvalue weighted by Crippen LogP contribution is 2.27. The number of anilines is 1. The van der Waals surface area contributed by atoms with Gasteiger partial charge in [0.15, 0.2) is 0 Å². The van der Waals surface area contributed by atoms with Crippen LogP contribution in [0.15, 0.2) is 30.3 Å². The van der Waals surface area contributed by atoms with Crippen LogP contribution in [0.1, 0.15) is 38.5 Å². The molecule has 0 atom stereocenters. The number of halogens is 1. The highest BCUT2D eigenvalue weighted by atomic mass is 79.9. The van der Waals surface area contributed by atoms with Gasteiger partial charge in [-0.1, -0.05) is 53.4 Å². The second-order valence-electron chi connectivity index (χ2n) is 5.20. The van der Waals surface area contributed by atoms with Crippen molar-refractivity contribution >= 4 is 27.5 Å². The number of hydrogen-bond donors (Lipinski definition) is 0. The van der Waals surface area contributed by atoms with Gasteiger partial charge in [0.25, 0.3) is 0 Å². The molecule has 1 aliphatic rings. The number of rotatable bonds is 5. The highest BCUT2D eigenvalue weighted by molar-refractivity contribution is 9.09. The van der Waals surface area contributed by atoms with Gasteiger partial charge in [0, 0.05) is 23.5 Å². The first-order valence-electron chi connectivity index (χ1n) is 7.25. The van der Waals surface area contributed by atoms with Crippen LogP contribution in [0.5, 0.6) is 0 Å². The van der Waals surface area contributed by atoms with Gasteiger partial charge in [-0.05, 0) is 31.4 Å². The summed E-state index contributed by atoms with van der Waals surface area (Å²) in [5, 5.41) is 0.939. The fraction of sp³-hybridized carbons (Fsp3) is 0.562. The summed E-state index contributed by atoms with van der Waals surface area (Å²) in [4.78, 5) is 14.7. The van der Waals surface area contributed by atoms with Crippen molar-refractivity contribution in [3.8, 4) is 0 Å². The maximum absolute atomic E-state index is 12.7. The Bertz CT molecular complexity index is 387. The number of amides is 1. The number of para-hydroxylation sites is 1. The van der Waals surface area contributed by atoms with Crippen molar-refractivity contribution in [3.05, 3.63) is 30.3 Å². The lowest BCUT2D eigenvalue weighted by atomic mass is 9.88. The van der Waals surface area contributed by atoms with Crippen molar-refractivity contribution in [2.45, 2.75) is 38.5 Å². The van der Waals surface area contributed by atoms with E-state index in [1.54, 1.807) is 0 Å². The van der Waals surface area contributed by atoms with Crippen molar-refractivity contribution < 1.29 is 4.79 Å². The minimum absolute atomic E-state index is 0.240. The first-order valence-corrected chi connectivity index (χ1v) is 8.37. The van der Waals surface area contributed by atoms with Gasteiger partial charge in [-0.15, -0.1) is 0 Å². The summed E-state index contributed by atoms with van der Waals surface area (Å²) >= 11 is 3.46. The van der Waals surface area contributed by atoms with Gasteiger partial charge in [-0.2, -0.15) is 0 Å². The lowest BCUT2D eigenvalue weighted by Gasteiger charge is -2.29. The molecule has 104 valence electrons. The molecule has 19 heavy (non-hydrogen) atoms. The predicted octanol–water partition coefficient (Wildman–Crippen LogP) is 4.38. The van der Waals surface area contributed by atoms with Crippen LogP contribution in [-0.2, 0) is 4.79 Å². The Balaban J connectivity index is 2.10. The number of nitrogens with zero attached hydrogens (tertiary/aromatic N) is 1. The van der Waals surface area contributed by atoms with Gasteiger partial charge in [-0.3, -0.25) is 4.79 Å². The Kier molecular flexibility index (Phi) is 5.90. The van der Waals surface area contributed by atoms with E-state index in [9.17, 15) is 4.79 Å². The summed E-state index contributed by atoms with van der Waals surface area (Å²) in [5.74, 6) is 0.566. The van der Waals surface area contributed by atoms with E-state index in [1.807, 2.05) is 35.2 Å². The standard InChI is InChI=1S/C16H22BrNO/c17-12-7-13-18(15-10-5-2-6-11-15)16(19)14-8-3-1-4-9-14/h2,5-6,10-11,14H,1,3-4,7-9,12-13H2. The minimum atomic E-state index is 0.240. The van der Waals surface area contributed by atoms with Crippen molar-refractivity contribution in [2.75, 3.05) is 16.8 Å². The smallest absolute Gasteiger partial charge is 0.230 e. The quantitative estimate of drug-likeness (QED) is 0.736. The predicted molar refractivity (Wildman–Crippen MR) is 83.8 cm³/mol. The van der Waals surface area contributed by atoms with E-state index < -0.39 is 0 Å². The molecular formula is C16H22BrNO. The SMILES string of the molecule is O=C(C1CCCCC1)N(CCCBr)c1ccccc1. The number of alkyl halides is 1. The summed E-state index contributed by atoms with van der Waals surface area (Å²) in [5.41, 5.74) is 1.04. The molecule has 0 saturated heterocycles. The number of carbonyl (C=O) groups excluding carboxylic acids is 1. The molecule has 0 radical (unpaired) electrons. The first-order chi connectivity index (χ1) is 9.33. The van der Waals surface area contributed by atoms with Crippen LogP contribution in [0.2, 0.25) is 0 Å². The molecule has 0 aromatic heterocycles. The third kappa shape index (κ3) is 4.07. The van der Waals surface area contributed by atoms with Crippen LogP contribution in [0, 0.1) is 5.92 Å². The van der Waals surface area contributed by atoms with E-state index in [-0.39, 0.29) is 5.92 Å². The Hall–Kier alpha value is -0.830. The molecule has 0 spiro atoms. The lowest BCUT2D eigenvalue weighted by Crippen LogP contribution is -2.38. The molecule has 2 rings (SSSR count). The number of benzene rings is 1. The van der Waals surface area contributed by atoms with E-state index in [2.05, 4.69) is 15.9 Å². The van der Waals surface area contributed by atoms with Gasteiger partial charge >= 0.3 is 0 Å². The summed E-state index contributed by atoms with van der Waals surface area (Å²) in [6.07, 6.45) is 6.83. The molecule has 1 saturated carbocycles. The van der Waals surface area contributed by atoms with Crippen molar-refractivity contribution in [3.63, 3.8) is 0 Å². The third-order valence-electron chi connectivity index (χ3n) is 3.80. The molecule has 1 aliphatic carbocycles. The van der Waals surface area contributed by atoms with Gasteiger partial charge in [0.2, 0.25) is 5.91 Å². The zero-order valence-electron chi connectivity index (χ0n) is 11.4. The molecule has 0 heterocycles. The fourth-order valence-corrected chi connectivity index (χ4v) is 3.01. The molecule has 1 aromatic rings. The zero-order chi connectivity index (χ0) is 13.5. The van der Waals surface area contributed by atoms with Crippen LogP contribution < -0.4 is 4.90 Å². The molecule has 0 aliphatic heterocycles. The number of hydrogen-bond acceptors (Lipinski definition) is 1. The Labute approximate surface area is 124 Å². The molecule has 1 amide bonds. The van der Waals surface area contributed by atoms with E-state index in [1.165, 1.54) is 19.3 Å². The minimum Gasteiger partial charge on any atom is -0.312 e. The molecule has 0 bridgehead atoms. The molecular weight excluding hydrogens is 302 g/mol. The van der Waals surface area contributed by atoms with E-state index in [4.69, 9.17) is 0 Å². The summed E-state index contributed by atoms with van der Waals surface area (Å²) < 4.78 is 0. The van der Waals surface area contributed by atoms with Crippen molar-refractivity contribution in [1.29, 1.82) is 0 Å². The second-order valence-corrected chi connectivity index (χ2v) is 6.00. The molecule has 0 N–H and O–H groups in total. The molecule has 3 heteroatoms. The monoisotopic (exact) mass is 323 g/mol. The maximum Gasteiger partial charge on any atom is 0.230 e. The lowest BCUT2D eigenvalue weighted by molar-refractivity contribution is -0.123. The average Bonchev–Trinajstić information content (AvgIpc) is 2.49. The van der Waals surface area contributed by atoms with E-state index >= 15 is 0 Å². The van der Waals surface area contributed by atoms with Crippen LogP contribution in [0.3, 0.4) is 0 Å². The van der Waals surface area contributed by atoms with Crippen molar-refractivity contribution in [1.82, 2.24) is 0 Å². The molecule has 1 fully saturated rings. The van der Waals surface area contributed by atoms with Crippen molar-refractivity contribution in [2.24, 2.45) is 5.92 Å². The van der Waals surface area contributed by atoms with E-state index in [0.29, 0.717) is 5.91 Å². The fourth-order valence-electron chi connectivity index (χ4n) is 2.76. The van der Waals surface area contributed by atoms with Crippen LogP contribution in [-0.4, -0.2) is 17.8 Å². The van der Waals surface area contributed by atoms with Gasteiger partial charge in [-0.25, -0.2) is 0 Å². The average molecular weight is 324 g/mol. The maximum atomic E-state index is 12.7. The largest absolute Gasteiger partial charge is 0.312 e. The van der Waals surface area contributed by atoms with Gasteiger partial charge in [0.1, 0.15) is 0 Å². The van der Waals surface area contributed by atoms with Crippen LogP contribution in [0.25, 0.3) is 0 Å². The Morgan fingerprint density at radius 2 is 1.84 bits per heavy atom. The normalized spacial score (nSPS) is 16.3. The van der Waals surface area contributed by atoms with Crippen LogP contribution in [0.4, 0.5) is 5.69 Å². The summed E-state index contributed by atoms with van der Waals surface area (Å²) in [6.45, 7) is 0.810. The molecule has 1 aromatic carbocycles. The van der Waals surface area contributed by atoms with Crippen LogP contribution >= 0.6 is 15.9 Å². The highest BCUT2D eigenvalue weighted by Gasteiger charge is 2.26. The molecule has 2 nitrogen and oxygen atoms in total. The topological polar surface area (TPSA) is 20.3 Å². The van der Waals surface area contributed by atoms with Gasteiger partial charge in [0.05, 0.1) is 0 Å². The second kappa shape index (κ2) is 7.68.